The van der Waals surface area contributed by atoms with Crippen LogP contribution in [0.3, 0.4) is 0 Å². The number of hydrogen-bond acceptors (Lipinski definition) is 5. The number of hydrogen-bond donors (Lipinski definition) is 0. The van der Waals surface area contributed by atoms with Gasteiger partial charge < -0.3 is 8.83 Å². The van der Waals surface area contributed by atoms with E-state index in [0.717, 1.165) is 88.0 Å². The Bertz CT molecular complexity index is 3560. The minimum absolute atomic E-state index is 0.601. The normalized spacial score (nSPS) is 11.8. The number of benzene rings is 9. The largest absolute Gasteiger partial charge is 0.456 e. The van der Waals surface area contributed by atoms with Gasteiger partial charge in [0.1, 0.15) is 22.3 Å². The maximum atomic E-state index is 6.26. The van der Waals surface area contributed by atoms with Crippen LogP contribution in [0.25, 0.3) is 122 Å². The Balaban J connectivity index is 1.00. The van der Waals surface area contributed by atoms with Crippen molar-refractivity contribution in [3.8, 4) is 56.4 Å². The summed E-state index contributed by atoms with van der Waals surface area (Å²) < 4.78 is 12.5. The van der Waals surface area contributed by atoms with Crippen molar-refractivity contribution < 1.29 is 8.83 Å². The fourth-order valence-electron chi connectivity index (χ4n) is 8.54. The van der Waals surface area contributed by atoms with Crippen LogP contribution >= 0.6 is 0 Å². The van der Waals surface area contributed by atoms with Crippen LogP contribution in [0, 0.1) is 0 Å². The molecule has 5 heteroatoms. The Morgan fingerprint density at radius 3 is 1.43 bits per heavy atom. The third kappa shape index (κ3) is 5.21. The second-order valence-electron chi connectivity index (χ2n) is 14.7. The van der Waals surface area contributed by atoms with Crippen LogP contribution in [0.2, 0.25) is 0 Å². The van der Waals surface area contributed by atoms with E-state index in [1.165, 1.54) is 16.3 Å². The average Bonchev–Trinajstić information content (AvgIpc) is 3.88. The third-order valence-electron chi connectivity index (χ3n) is 11.4. The average molecular weight is 742 g/mol. The molecule has 58 heavy (non-hydrogen) atoms. The lowest BCUT2D eigenvalue weighted by atomic mass is 9.97. The van der Waals surface area contributed by atoms with Crippen molar-refractivity contribution in [2.45, 2.75) is 0 Å². The summed E-state index contributed by atoms with van der Waals surface area (Å²) in [4.78, 5) is 15.4. The molecule has 0 spiro atoms. The van der Waals surface area contributed by atoms with Gasteiger partial charge in [0.15, 0.2) is 17.5 Å². The highest BCUT2D eigenvalue weighted by Gasteiger charge is 2.17. The zero-order valence-corrected chi connectivity index (χ0v) is 31.1. The lowest BCUT2D eigenvalue weighted by Crippen LogP contribution is -2.00. The highest BCUT2D eigenvalue weighted by molar-refractivity contribution is 6.19. The van der Waals surface area contributed by atoms with Gasteiger partial charge in [0.25, 0.3) is 0 Å². The zero-order valence-electron chi connectivity index (χ0n) is 31.1. The lowest BCUT2D eigenvalue weighted by molar-refractivity contribution is 0.668. The van der Waals surface area contributed by atoms with Gasteiger partial charge in [-0.05, 0) is 74.1 Å². The van der Waals surface area contributed by atoms with E-state index < -0.39 is 0 Å². The zero-order chi connectivity index (χ0) is 38.2. The van der Waals surface area contributed by atoms with Gasteiger partial charge in [-0.2, -0.15) is 0 Å². The minimum Gasteiger partial charge on any atom is -0.456 e. The molecule has 0 atom stereocenters. The van der Waals surface area contributed by atoms with Crippen molar-refractivity contribution >= 4 is 65.4 Å². The number of rotatable bonds is 5. The summed E-state index contributed by atoms with van der Waals surface area (Å²) in [6.07, 6.45) is 0. The monoisotopic (exact) mass is 741 g/mol. The van der Waals surface area contributed by atoms with E-state index in [1.54, 1.807) is 0 Å². The van der Waals surface area contributed by atoms with E-state index in [9.17, 15) is 0 Å². The first kappa shape index (κ1) is 32.4. The van der Waals surface area contributed by atoms with Crippen molar-refractivity contribution in [1.82, 2.24) is 15.0 Å². The Hall–Kier alpha value is -7.89. The molecule has 3 aromatic heterocycles. The smallest absolute Gasteiger partial charge is 0.164 e. The molecule has 0 saturated carbocycles. The molecular weight excluding hydrogens is 711 g/mol. The molecule has 0 unspecified atom stereocenters. The van der Waals surface area contributed by atoms with Crippen LogP contribution < -0.4 is 0 Å². The predicted octanol–water partition coefficient (Wildman–Crippen LogP) is 14.3. The van der Waals surface area contributed by atoms with Gasteiger partial charge in [-0.25, -0.2) is 15.0 Å². The molecule has 0 fully saturated rings. The van der Waals surface area contributed by atoms with Crippen molar-refractivity contribution in [2.24, 2.45) is 0 Å². The molecular formula is C53H31N3O2. The molecule has 0 N–H and O–H groups in total. The van der Waals surface area contributed by atoms with E-state index in [2.05, 4.69) is 152 Å². The Morgan fingerprint density at radius 2 is 0.724 bits per heavy atom. The van der Waals surface area contributed by atoms with Crippen LogP contribution in [0.5, 0.6) is 0 Å². The Kier molecular flexibility index (Phi) is 7.16. The Morgan fingerprint density at radius 1 is 0.276 bits per heavy atom. The highest BCUT2D eigenvalue weighted by atomic mass is 16.3. The Labute approximate surface area is 332 Å². The van der Waals surface area contributed by atoms with Gasteiger partial charge in [-0.15, -0.1) is 0 Å². The summed E-state index contributed by atoms with van der Waals surface area (Å²) in [5.74, 6) is 1.81. The molecule has 270 valence electrons. The summed E-state index contributed by atoms with van der Waals surface area (Å²) in [5.41, 5.74) is 10.7. The summed E-state index contributed by atoms with van der Waals surface area (Å²) in [6, 6.07) is 65.2. The molecule has 0 aliphatic heterocycles. The van der Waals surface area contributed by atoms with Crippen LogP contribution in [0.15, 0.2) is 197 Å². The maximum Gasteiger partial charge on any atom is 0.164 e. The summed E-state index contributed by atoms with van der Waals surface area (Å²) in [6.45, 7) is 0. The summed E-state index contributed by atoms with van der Waals surface area (Å²) in [5, 5.41) is 9.04. The lowest BCUT2D eigenvalue weighted by Gasteiger charge is -2.11. The molecule has 3 heterocycles. The van der Waals surface area contributed by atoms with Gasteiger partial charge >= 0.3 is 0 Å². The number of aromatic nitrogens is 3. The molecule has 0 amide bonds. The van der Waals surface area contributed by atoms with Crippen molar-refractivity contribution in [3.63, 3.8) is 0 Å². The quantitative estimate of drug-likeness (QED) is 0.176. The van der Waals surface area contributed by atoms with E-state index in [0.29, 0.717) is 17.5 Å². The van der Waals surface area contributed by atoms with Crippen molar-refractivity contribution in [1.29, 1.82) is 0 Å². The first-order chi connectivity index (χ1) is 28.7. The van der Waals surface area contributed by atoms with E-state index in [1.807, 2.05) is 36.4 Å². The number of fused-ring (bicyclic) bond motifs is 9. The van der Waals surface area contributed by atoms with Crippen molar-refractivity contribution in [3.05, 3.63) is 188 Å². The highest BCUT2D eigenvalue weighted by Crippen LogP contribution is 2.39. The number of furan rings is 2. The first-order valence-electron chi connectivity index (χ1n) is 19.4. The molecule has 5 nitrogen and oxygen atoms in total. The first-order valence-corrected chi connectivity index (χ1v) is 19.4. The summed E-state index contributed by atoms with van der Waals surface area (Å²) in [7, 11) is 0. The second-order valence-corrected chi connectivity index (χ2v) is 14.7. The molecule has 0 aliphatic rings. The SMILES string of the molecule is c1ccc2c(-c3ccc(-c4nc(-c5ccc(-c6cccc7oc8ccccc8c67)cc5)nc(-c5ccc6ccc7oc8ccccc8c7c6c5)n4)cc3)cccc2c1. The minimum atomic E-state index is 0.601. The van der Waals surface area contributed by atoms with Crippen LogP contribution in [0.4, 0.5) is 0 Å². The fraction of sp³-hybridized carbons (Fsp3) is 0. The second kappa shape index (κ2) is 12.8. The van der Waals surface area contributed by atoms with Gasteiger partial charge in [-0.3, -0.25) is 0 Å². The van der Waals surface area contributed by atoms with Crippen LogP contribution in [-0.2, 0) is 0 Å². The molecule has 0 aliphatic carbocycles. The van der Waals surface area contributed by atoms with Crippen LogP contribution in [0.1, 0.15) is 0 Å². The van der Waals surface area contributed by atoms with Gasteiger partial charge in [0, 0.05) is 38.2 Å². The topological polar surface area (TPSA) is 65.0 Å². The van der Waals surface area contributed by atoms with E-state index in [4.69, 9.17) is 23.8 Å². The van der Waals surface area contributed by atoms with E-state index in [-0.39, 0.29) is 0 Å². The van der Waals surface area contributed by atoms with Crippen LogP contribution in [-0.4, -0.2) is 15.0 Å². The van der Waals surface area contributed by atoms with Gasteiger partial charge in [0.05, 0.1) is 0 Å². The van der Waals surface area contributed by atoms with Gasteiger partial charge in [0.2, 0.25) is 0 Å². The summed E-state index contributed by atoms with van der Waals surface area (Å²) >= 11 is 0. The van der Waals surface area contributed by atoms with E-state index >= 15 is 0 Å². The van der Waals surface area contributed by atoms with Crippen molar-refractivity contribution in [2.75, 3.05) is 0 Å². The third-order valence-corrected chi connectivity index (χ3v) is 11.4. The standard InChI is InChI=1S/C53H31N3O2/c1-2-11-39-32(9-1)10-7-14-40(39)33-19-24-36(25-20-33)51-54-52(37-26-21-34(22-27-37)41-15-8-18-47-49(41)42-12-3-5-16-45(42)57-47)56-53(55-51)38-28-23-35-29-30-48-50(44(35)31-38)43-13-4-6-17-46(43)58-48/h1-31H. The molecule has 0 radical (unpaired) electrons. The number of para-hydroxylation sites is 2. The van der Waals surface area contributed by atoms with Gasteiger partial charge in [-0.1, -0.05) is 158 Å². The number of nitrogens with zero attached hydrogens (tertiary/aromatic N) is 3. The molecule has 0 saturated heterocycles. The molecule has 9 aromatic carbocycles. The molecule has 12 rings (SSSR count). The molecule has 0 bridgehead atoms. The fourth-order valence-corrected chi connectivity index (χ4v) is 8.54. The molecule has 12 aromatic rings. The maximum absolute atomic E-state index is 6.26. The predicted molar refractivity (Wildman–Crippen MR) is 237 cm³/mol.